The Balaban J connectivity index is 1.65. The highest BCUT2D eigenvalue weighted by atomic mass is 79.9. The lowest BCUT2D eigenvalue weighted by Crippen LogP contribution is -2.31. The Bertz CT molecular complexity index is 924. The van der Waals surface area contributed by atoms with E-state index in [1.165, 1.54) is 12.1 Å². The quantitative estimate of drug-likeness (QED) is 0.310. The summed E-state index contributed by atoms with van der Waals surface area (Å²) >= 11 is 3.30. The average Bonchev–Trinajstić information content (AvgIpc) is 2.86. The van der Waals surface area contributed by atoms with E-state index in [9.17, 15) is 24.5 Å². The molecule has 7 nitrogen and oxygen atoms in total. The van der Waals surface area contributed by atoms with Crippen molar-refractivity contribution in [3.05, 3.63) is 73.7 Å². The number of carbonyl (C=O) groups is 3. The predicted molar refractivity (Wildman–Crippen MR) is 96.2 cm³/mol. The standard InChI is InChI=1S/C18H13BrN2O5/c19-12-5-3-11(4-6-12)16(22)2-1-9-20-17(23)14-8-7-13(21(25)26)10-15(14)18(20)24/h3-8,10H,1-2,9H2. The Hall–Kier alpha value is -2.87. The zero-order valence-corrected chi connectivity index (χ0v) is 15.1. The number of imide groups is 1. The molecular formula is C18H13BrN2O5. The second kappa shape index (κ2) is 7.17. The van der Waals surface area contributed by atoms with Crippen molar-refractivity contribution >= 4 is 39.2 Å². The second-order valence-electron chi connectivity index (χ2n) is 5.78. The number of hydrogen-bond donors (Lipinski definition) is 0. The molecule has 1 heterocycles. The normalized spacial score (nSPS) is 13.0. The van der Waals surface area contributed by atoms with Crippen LogP contribution in [-0.2, 0) is 0 Å². The third-order valence-electron chi connectivity index (χ3n) is 4.12. The number of nitro benzene ring substituents is 1. The molecule has 2 amide bonds. The topological polar surface area (TPSA) is 97.6 Å². The van der Waals surface area contributed by atoms with Crippen LogP contribution in [0.15, 0.2) is 46.9 Å². The monoisotopic (exact) mass is 416 g/mol. The van der Waals surface area contributed by atoms with E-state index in [0.717, 1.165) is 15.4 Å². The Morgan fingerprint density at radius 1 is 1.04 bits per heavy atom. The average molecular weight is 417 g/mol. The van der Waals surface area contributed by atoms with Gasteiger partial charge in [-0.05, 0) is 24.6 Å². The summed E-state index contributed by atoms with van der Waals surface area (Å²) in [5.74, 6) is -1.13. The zero-order chi connectivity index (χ0) is 18.8. The molecule has 0 radical (unpaired) electrons. The fourth-order valence-electron chi connectivity index (χ4n) is 2.77. The summed E-state index contributed by atoms with van der Waals surface area (Å²) in [5.41, 5.74) is 0.506. The van der Waals surface area contributed by atoms with Crippen LogP contribution >= 0.6 is 15.9 Å². The van der Waals surface area contributed by atoms with Crippen molar-refractivity contribution < 1.29 is 19.3 Å². The van der Waals surface area contributed by atoms with Gasteiger partial charge in [-0.2, -0.15) is 0 Å². The van der Waals surface area contributed by atoms with Gasteiger partial charge in [-0.25, -0.2) is 0 Å². The van der Waals surface area contributed by atoms with E-state index in [1.807, 2.05) is 0 Å². The Kier molecular flexibility index (Phi) is 4.94. The minimum absolute atomic E-state index is 0.0310. The molecule has 0 unspecified atom stereocenters. The maximum atomic E-state index is 12.4. The van der Waals surface area contributed by atoms with Crippen LogP contribution in [0.3, 0.4) is 0 Å². The molecular weight excluding hydrogens is 404 g/mol. The molecule has 0 saturated heterocycles. The van der Waals surface area contributed by atoms with Crippen LogP contribution in [0.4, 0.5) is 5.69 Å². The molecule has 0 spiro atoms. The van der Waals surface area contributed by atoms with Gasteiger partial charge in [-0.15, -0.1) is 0 Å². The van der Waals surface area contributed by atoms with Gasteiger partial charge in [0.05, 0.1) is 16.1 Å². The van der Waals surface area contributed by atoms with Crippen LogP contribution < -0.4 is 0 Å². The van der Waals surface area contributed by atoms with E-state index in [2.05, 4.69) is 15.9 Å². The first-order valence-electron chi connectivity index (χ1n) is 7.82. The third kappa shape index (κ3) is 3.41. The molecule has 26 heavy (non-hydrogen) atoms. The first kappa shape index (κ1) is 17.9. The van der Waals surface area contributed by atoms with Gasteiger partial charge >= 0.3 is 0 Å². The molecule has 3 rings (SSSR count). The fourth-order valence-corrected chi connectivity index (χ4v) is 3.04. The van der Waals surface area contributed by atoms with Crippen molar-refractivity contribution in [1.29, 1.82) is 0 Å². The lowest BCUT2D eigenvalue weighted by molar-refractivity contribution is -0.384. The molecule has 1 aliphatic heterocycles. The molecule has 2 aromatic carbocycles. The number of hydrogen-bond acceptors (Lipinski definition) is 5. The third-order valence-corrected chi connectivity index (χ3v) is 4.65. The Morgan fingerprint density at radius 3 is 2.35 bits per heavy atom. The van der Waals surface area contributed by atoms with E-state index in [1.54, 1.807) is 24.3 Å². The van der Waals surface area contributed by atoms with Crippen molar-refractivity contribution in [2.45, 2.75) is 12.8 Å². The summed E-state index contributed by atoms with van der Waals surface area (Å²) in [4.78, 5) is 48.1. The number of fused-ring (bicyclic) bond motifs is 1. The van der Waals surface area contributed by atoms with Gasteiger partial charge < -0.3 is 0 Å². The number of rotatable bonds is 6. The number of ketones is 1. The van der Waals surface area contributed by atoms with Gasteiger partial charge in [0.2, 0.25) is 0 Å². The summed E-state index contributed by atoms with van der Waals surface area (Å²) in [6, 6.07) is 10.5. The fraction of sp³-hybridized carbons (Fsp3) is 0.167. The first-order valence-corrected chi connectivity index (χ1v) is 8.61. The van der Waals surface area contributed by atoms with Crippen LogP contribution in [-0.4, -0.2) is 34.0 Å². The molecule has 0 saturated carbocycles. The highest BCUT2D eigenvalue weighted by Crippen LogP contribution is 2.27. The smallest absolute Gasteiger partial charge is 0.270 e. The summed E-state index contributed by atoms with van der Waals surface area (Å²) in [6.07, 6.45) is 0.512. The van der Waals surface area contributed by atoms with Crippen LogP contribution in [0.25, 0.3) is 0 Å². The number of amides is 2. The van der Waals surface area contributed by atoms with Crippen molar-refractivity contribution in [1.82, 2.24) is 4.90 Å². The molecule has 0 aliphatic carbocycles. The van der Waals surface area contributed by atoms with Crippen LogP contribution in [0, 0.1) is 10.1 Å². The minimum atomic E-state index is -0.614. The van der Waals surface area contributed by atoms with E-state index in [4.69, 9.17) is 0 Å². The Morgan fingerprint density at radius 2 is 1.69 bits per heavy atom. The zero-order valence-electron chi connectivity index (χ0n) is 13.5. The molecule has 0 atom stereocenters. The van der Waals surface area contributed by atoms with E-state index < -0.39 is 16.7 Å². The van der Waals surface area contributed by atoms with Gasteiger partial charge in [0.25, 0.3) is 17.5 Å². The summed E-state index contributed by atoms with van der Waals surface area (Å²) in [7, 11) is 0. The molecule has 2 aromatic rings. The highest BCUT2D eigenvalue weighted by molar-refractivity contribution is 9.10. The summed E-state index contributed by atoms with van der Waals surface area (Å²) < 4.78 is 0.870. The van der Waals surface area contributed by atoms with Crippen LogP contribution in [0.1, 0.15) is 43.9 Å². The number of nitrogens with zero attached hydrogens (tertiary/aromatic N) is 2. The van der Waals surface area contributed by atoms with E-state index in [0.29, 0.717) is 12.0 Å². The molecule has 0 N–H and O–H groups in total. The van der Waals surface area contributed by atoms with E-state index >= 15 is 0 Å². The number of benzene rings is 2. The molecule has 132 valence electrons. The number of halogens is 1. The number of nitro groups is 1. The lowest BCUT2D eigenvalue weighted by atomic mass is 10.1. The number of non-ortho nitro benzene ring substituents is 1. The maximum Gasteiger partial charge on any atom is 0.270 e. The van der Waals surface area contributed by atoms with Gasteiger partial charge in [0.15, 0.2) is 5.78 Å². The minimum Gasteiger partial charge on any atom is -0.294 e. The summed E-state index contributed by atoms with van der Waals surface area (Å²) in [6.45, 7) is 0.0857. The van der Waals surface area contributed by atoms with Crippen molar-refractivity contribution in [2.75, 3.05) is 6.54 Å². The van der Waals surface area contributed by atoms with Crippen molar-refractivity contribution in [3.8, 4) is 0 Å². The number of Topliss-reactive ketones (excluding diaryl/α,β-unsaturated/α-hetero) is 1. The molecule has 1 aliphatic rings. The largest absolute Gasteiger partial charge is 0.294 e. The molecule has 8 heteroatoms. The second-order valence-corrected chi connectivity index (χ2v) is 6.70. The maximum absolute atomic E-state index is 12.4. The number of carbonyl (C=O) groups excluding carboxylic acids is 3. The molecule has 0 fully saturated rings. The SMILES string of the molecule is O=C(CCCN1C(=O)c2ccc([N+](=O)[O-])cc2C1=O)c1ccc(Br)cc1. The van der Waals surface area contributed by atoms with E-state index in [-0.39, 0.29) is 35.6 Å². The Labute approximate surface area is 156 Å². The van der Waals surface area contributed by atoms with Gasteiger partial charge in [-0.3, -0.25) is 29.4 Å². The van der Waals surface area contributed by atoms with Gasteiger partial charge in [-0.1, -0.05) is 28.1 Å². The van der Waals surface area contributed by atoms with Crippen LogP contribution in [0.2, 0.25) is 0 Å². The molecule has 0 aromatic heterocycles. The van der Waals surface area contributed by atoms with Crippen molar-refractivity contribution in [3.63, 3.8) is 0 Å². The van der Waals surface area contributed by atoms with Gasteiger partial charge in [0, 0.05) is 35.1 Å². The van der Waals surface area contributed by atoms with Gasteiger partial charge in [0.1, 0.15) is 0 Å². The highest BCUT2D eigenvalue weighted by Gasteiger charge is 2.36. The first-order chi connectivity index (χ1) is 12.4. The van der Waals surface area contributed by atoms with Crippen molar-refractivity contribution in [2.24, 2.45) is 0 Å². The van der Waals surface area contributed by atoms with Crippen LogP contribution in [0.5, 0.6) is 0 Å². The summed E-state index contributed by atoms with van der Waals surface area (Å²) in [5, 5.41) is 10.8. The predicted octanol–water partition coefficient (Wildman–Crippen LogP) is 3.62. The lowest BCUT2D eigenvalue weighted by Gasteiger charge is -2.13. The molecule has 0 bridgehead atoms.